The van der Waals surface area contributed by atoms with Gasteiger partial charge in [-0.05, 0) is 52.2 Å². The van der Waals surface area contributed by atoms with E-state index in [1.807, 2.05) is 31.2 Å². The number of anilines is 1. The van der Waals surface area contributed by atoms with E-state index in [0.717, 1.165) is 36.8 Å². The molecule has 0 bridgehead atoms. The predicted octanol–water partition coefficient (Wildman–Crippen LogP) is 4.73. The van der Waals surface area contributed by atoms with Gasteiger partial charge in [-0.1, -0.05) is 17.3 Å². The summed E-state index contributed by atoms with van der Waals surface area (Å²) < 4.78 is 11.5. The van der Waals surface area contributed by atoms with Crippen molar-refractivity contribution in [2.24, 2.45) is 0 Å². The average molecular weight is 365 g/mol. The maximum absolute atomic E-state index is 5.97. The number of aryl methyl sites for hydroxylation is 1. The van der Waals surface area contributed by atoms with E-state index in [0.29, 0.717) is 5.88 Å². The fourth-order valence-corrected chi connectivity index (χ4v) is 3.63. The summed E-state index contributed by atoms with van der Waals surface area (Å²) in [6.45, 7) is 2.04. The molecule has 2 aromatic heterocycles. The maximum atomic E-state index is 5.97. The van der Waals surface area contributed by atoms with Crippen molar-refractivity contribution in [3.63, 3.8) is 0 Å². The van der Waals surface area contributed by atoms with Gasteiger partial charge < -0.3 is 15.0 Å². The van der Waals surface area contributed by atoms with Crippen molar-refractivity contribution in [2.75, 3.05) is 12.8 Å². The molecule has 0 fully saturated rings. The van der Waals surface area contributed by atoms with Crippen LogP contribution in [0.25, 0.3) is 21.7 Å². The number of ether oxygens (including phenoxy) is 1. The molecule has 0 aliphatic rings. The van der Waals surface area contributed by atoms with Crippen LogP contribution >= 0.6 is 27.3 Å². The molecule has 0 aliphatic heterocycles. The molecule has 1 aromatic carbocycles. The van der Waals surface area contributed by atoms with Crippen LogP contribution in [0, 0.1) is 6.92 Å². The Balaban J connectivity index is 2.16. The van der Waals surface area contributed by atoms with Crippen molar-refractivity contribution in [1.29, 1.82) is 0 Å². The van der Waals surface area contributed by atoms with Gasteiger partial charge in [-0.3, -0.25) is 0 Å². The molecule has 2 N–H and O–H groups in total. The summed E-state index contributed by atoms with van der Waals surface area (Å²) in [5.41, 5.74) is 9.60. The molecule has 108 valence electrons. The SMILES string of the molecule is COc1cccc(-c2c(-c3cc(C)c(Br)s3)noc2N)c1. The minimum atomic E-state index is 0.306. The number of rotatable bonds is 3. The molecule has 2 heterocycles. The Morgan fingerprint density at radius 3 is 2.81 bits per heavy atom. The molecule has 21 heavy (non-hydrogen) atoms. The van der Waals surface area contributed by atoms with Gasteiger partial charge in [0, 0.05) is 0 Å². The van der Waals surface area contributed by atoms with Gasteiger partial charge in [-0.25, -0.2) is 0 Å². The Bertz CT molecular complexity index is 775. The number of aromatic nitrogens is 1. The van der Waals surface area contributed by atoms with Crippen molar-refractivity contribution < 1.29 is 9.26 Å². The zero-order valence-corrected chi connectivity index (χ0v) is 13.9. The minimum absolute atomic E-state index is 0.306. The number of halogens is 1. The topological polar surface area (TPSA) is 61.3 Å². The molecule has 0 atom stereocenters. The van der Waals surface area contributed by atoms with Crippen LogP contribution in [0.4, 0.5) is 5.88 Å². The van der Waals surface area contributed by atoms with Crippen LogP contribution in [0.1, 0.15) is 5.56 Å². The van der Waals surface area contributed by atoms with E-state index in [1.165, 1.54) is 0 Å². The summed E-state index contributed by atoms with van der Waals surface area (Å²) in [4.78, 5) is 1.01. The number of nitrogens with zero attached hydrogens (tertiary/aromatic N) is 1. The van der Waals surface area contributed by atoms with Crippen LogP contribution in [0.5, 0.6) is 5.75 Å². The van der Waals surface area contributed by atoms with Crippen LogP contribution in [-0.2, 0) is 0 Å². The highest BCUT2D eigenvalue weighted by Crippen LogP contribution is 2.42. The molecule has 0 saturated heterocycles. The molecule has 6 heteroatoms. The van der Waals surface area contributed by atoms with Crippen molar-refractivity contribution in [2.45, 2.75) is 6.92 Å². The first-order valence-electron chi connectivity index (χ1n) is 6.26. The number of hydrogen-bond donors (Lipinski definition) is 1. The van der Waals surface area contributed by atoms with E-state index >= 15 is 0 Å². The highest BCUT2D eigenvalue weighted by molar-refractivity contribution is 9.11. The maximum Gasteiger partial charge on any atom is 0.230 e. The van der Waals surface area contributed by atoms with Crippen molar-refractivity contribution in [3.8, 4) is 27.4 Å². The molecule has 3 aromatic rings. The normalized spacial score (nSPS) is 10.8. The minimum Gasteiger partial charge on any atom is -0.497 e. The molecule has 0 aliphatic carbocycles. The first-order valence-corrected chi connectivity index (χ1v) is 7.87. The lowest BCUT2D eigenvalue weighted by atomic mass is 10.0. The van der Waals surface area contributed by atoms with Crippen LogP contribution in [0.2, 0.25) is 0 Å². The monoisotopic (exact) mass is 364 g/mol. The second kappa shape index (κ2) is 5.54. The van der Waals surface area contributed by atoms with Gasteiger partial charge in [0.25, 0.3) is 0 Å². The third-order valence-electron chi connectivity index (χ3n) is 3.17. The Morgan fingerprint density at radius 2 is 2.14 bits per heavy atom. The number of thiophene rings is 1. The first kappa shape index (κ1) is 14.2. The molecule has 4 nitrogen and oxygen atoms in total. The fraction of sp³-hybridized carbons (Fsp3) is 0.133. The van der Waals surface area contributed by atoms with Crippen LogP contribution < -0.4 is 10.5 Å². The second-order valence-corrected chi connectivity index (χ2v) is 6.94. The smallest absolute Gasteiger partial charge is 0.230 e. The fourth-order valence-electron chi connectivity index (χ4n) is 2.11. The van der Waals surface area contributed by atoms with Gasteiger partial charge in [0.2, 0.25) is 5.88 Å². The van der Waals surface area contributed by atoms with E-state index in [4.69, 9.17) is 15.0 Å². The highest BCUT2D eigenvalue weighted by Gasteiger charge is 2.20. The number of nitrogen functional groups attached to an aromatic ring is 1. The average Bonchev–Trinajstić information content (AvgIpc) is 3.02. The predicted molar refractivity (Wildman–Crippen MR) is 88.7 cm³/mol. The van der Waals surface area contributed by atoms with E-state index in [2.05, 4.69) is 27.2 Å². The van der Waals surface area contributed by atoms with Crippen molar-refractivity contribution in [1.82, 2.24) is 5.16 Å². The molecule has 0 radical (unpaired) electrons. The lowest BCUT2D eigenvalue weighted by Gasteiger charge is -2.04. The highest BCUT2D eigenvalue weighted by atomic mass is 79.9. The third kappa shape index (κ3) is 2.56. The van der Waals surface area contributed by atoms with E-state index in [-0.39, 0.29) is 0 Å². The second-order valence-electron chi connectivity index (χ2n) is 4.57. The number of methoxy groups -OCH3 is 1. The molecule has 0 spiro atoms. The Morgan fingerprint density at radius 1 is 1.33 bits per heavy atom. The third-order valence-corrected chi connectivity index (χ3v) is 5.31. The molecule has 0 saturated carbocycles. The number of hydrogen-bond acceptors (Lipinski definition) is 5. The lowest BCUT2D eigenvalue weighted by molar-refractivity contribution is 0.415. The quantitative estimate of drug-likeness (QED) is 0.729. The lowest BCUT2D eigenvalue weighted by Crippen LogP contribution is -1.88. The van der Waals surface area contributed by atoms with Crippen LogP contribution in [0.3, 0.4) is 0 Å². The largest absolute Gasteiger partial charge is 0.497 e. The van der Waals surface area contributed by atoms with Gasteiger partial charge in [0.15, 0.2) is 0 Å². The Hall–Kier alpha value is -1.79. The zero-order chi connectivity index (χ0) is 15.0. The van der Waals surface area contributed by atoms with E-state index in [9.17, 15) is 0 Å². The van der Waals surface area contributed by atoms with Crippen LogP contribution in [0.15, 0.2) is 38.6 Å². The van der Waals surface area contributed by atoms with Crippen LogP contribution in [-0.4, -0.2) is 12.3 Å². The molecular weight excluding hydrogens is 352 g/mol. The van der Waals surface area contributed by atoms with Gasteiger partial charge in [0.05, 0.1) is 21.3 Å². The molecule has 0 unspecified atom stereocenters. The Kier molecular flexibility index (Phi) is 3.73. The standard InChI is InChI=1S/C15H13BrN2O2S/c1-8-6-11(21-14(8)16)13-12(15(17)20-18-13)9-4-3-5-10(7-9)19-2/h3-7H,17H2,1-2H3. The molecule has 0 amide bonds. The summed E-state index contributed by atoms with van der Waals surface area (Å²) in [7, 11) is 1.64. The first-order chi connectivity index (χ1) is 10.1. The van der Waals surface area contributed by atoms with E-state index < -0.39 is 0 Å². The van der Waals surface area contributed by atoms with Crippen molar-refractivity contribution >= 4 is 33.2 Å². The Labute approximate surface area is 134 Å². The summed E-state index contributed by atoms with van der Waals surface area (Å²) in [5, 5.41) is 4.12. The van der Waals surface area contributed by atoms with E-state index in [1.54, 1.807) is 18.4 Å². The van der Waals surface area contributed by atoms with Gasteiger partial charge in [-0.15, -0.1) is 11.3 Å². The molecule has 3 rings (SSSR count). The summed E-state index contributed by atoms with van der Waals surface area (Å²) in [6.07, 6.45) is 0. The number of benzene rings is 1. The van der Waals surface area contributed by atoms with Crippen molar-refractivity contribution in [3.05, 3.63) is 39.7 Å². The summed E-state index contributed by atoms with van der Waals surface area (Å²) in [5.74, 6) is 1.07. The zero-order valence-electron chi connectivity index (χ0n) is 11.5. The number of nitrogens with two attached hydrogens (primary N) is 1. The summed E-state index contributed by atoms with van der Waals surface area (Å²) in [6, 6.07) is 9.75. The van der Waals surface area contributed by atoms with Gasteiger partial charge in [-0.2, -0.15) is 0 Å². The summed E-state index contributed by atoms with van der Waals surface area (Å²) >= 11 is 5.14. The van der Waals surface area contributed by atoms with Gasteiger partial charge >= 0.3 is 0 Å². The van der Waals surface area contributed by atoms with Gasteiger partial charge in [0.1, 0.15) is 11.4 Å². The molecular formula is C15H13BrN2O2S.